The number of carbonyl (C=O) groups excluding carboxylic acids is 1. The van der Waals surface area contributed by atoms with E-state index in [4.69, 9.17) is 0 Å². The molecule has 0 bridgehead atoms. The van der Waals surface area contributed by atoms with E-state index in [1.54, 1.807) is 23.9 Å². The minimum Gasteiger partial charge on any atom is -0.469 e. The molecule has 1 aliphatic rings. The van der Waals surface area contributed by atoms with Crippen molar-refractivity contribution in [2.24, 2.45) is 0 Å². The summed E-state index contributed by atoms with van der Waals surface area (Å²) in [6, 6.07) is 16.5. The topological polar surface area (TPSA) is 66.8 Å². The van der Waals surface area contributed by atoms with Crippen LogP contribution < -0.4 is 0 Å². The molecule has 2 aromatic carbocycles. The van der Waals surface area contributed by atoms with Gasteiger partial charge in [-0.3, -0.25) is 4.79 Å². The monoisotopic (exact) mass is 382 g/mol. The Labute approximate surface area is 163 Å². The summed E-state index contributed by atoms with van der Waals surface area (Å²) >= 11 is 1.75. The molecule has 0 fully saturated rings. The zero-order chi connectivity index (χ0) is 19.2. The summed E-state index contributed by atoms with van der Waals surface area (Å²) in [5, 5.41) is 19.9. The Bertz CT molecular complexity index is 825. The molecule has 2 atom stereocenters. The number of aliphatic hydroxyl groups excluding tert-OH is 2. The minimum atomic E-state index is -0.933. The average Bonchev–Trinajstić information content (AvgIpc) is 2.67. The van der Waals surface area contributed by atoms with Gasteiger partial charge in [0.05, 0.1) is 25.7 Å². The van der Waals surface area contributed by atoms with E-state index < -0.39 is 18.2 Å². The number of methoxy groups -OCH3 is 1. The fraction of sp³-hybridized carbons (Fsp3) is 0.227. The smallest absolute Gasteiger partial charge is 0.308 e. The quantitative estimate of drug-likeness (QED) is 0.635. The van der Waals surface area contributed by atoms with Crippen molar-refractivity contribution < 1.29 is 19.7 Å². The van der Waals surface area contributed by atoms with Gasteiger partial charge in [-0.25, -0.2) is 0 Å². The minimum absolute atomic E-state index is 0.0811. The molecule has 3 rings (SSSR count). The van der Waals surface area contributed by atoms with E-state index in [2.05, 4.69) is 29.0 Å². The third kappa shape index (κ3) is 4.89. The van der Waals surface area contributed by atoms with Crippen LogP contribution in [0.4, 0.5) is 0 Å². The predicted octanol–water partition coefficient (Wildman–Crippen LogP) is 3.81. The Morgan fingerprint density at radius 3 is 2.26 bits per heavy atom. The molecule has 1 unspecified atom stereocenters. The molecular weight excluding hydrogens is 360 g/mol. The average molecular weight is 382 g/mol. The van der Waals surface area contributed by atoms with Crippen molar-refractivity contribution in [3.63, 3.8) is 0 Å². The fourth-order valence-corrected chi connectivity index (χ4v) is 4.10. The molecule has 0 aromatic heterocycles. The normalized spacial score (nSPS) is 15.0. The SMILES string of the molecule is COC(=O)C[C@H](O)CC(O)C=CC=C1c2ccccc2Sc2ccccc21. The number of hydrogen-bond donors (Lipinski definition) is 2. The van der Waals surface area contributed by atoms with E-state index in [0.717, 1.165) is 16.7 Å². The van der Waals surface area contributed by atoms with Gasteiger partial charge in [0, 0.05) is 16.2 Å². The number of aliphatic hydroxyl groups is 2. The lowest BCUT2D eigenvalue weighted by Gasteiger charge is -2.21. The van der Waals surface area contributed by atoms with Gasteiger partial charge in [-0.2, -0.15) is 0 Å². The van der Waals surface area contributed by atoms with E-state index in [1.807, 2.05) is 30.3 Å². The molecule has 2 aromatic rings. The second-order valence-electron chi connectivity index (χ2n) is 6.30. The third-order valence-electron chi connectivity index (χ3n) is 4.31. The first-order valence-corrected chi connectivity index (χ1v) is 9.58. The van der Waals surface area contributed by atoms with Crippen LogP contribution in [0.2, 0.25) is 0 Å². The van der Waals surface area contributed by atoms with E-state index in [0.29, 0.717) is 0 Å². The summed E-state index contributed by atoms with van der Waals surface area (Å²) < 4.78 is 4.52. The van der Waals surface area contributed by atoms with Crippen molar-refractivity contribution >= 4 is 23.3 Å². The second-order valence-corrected chi connectivity index (χ2v) is 7.38. The van der Waals surface area contributed by atoms with Crippen LogP contribution in [-0.4, -0.2) is 35.5 Å². The Balaban J connectivity index is 1.77. The number of allylic oxidation sites excluding steroid dienone is 2. The lowest BCUT2D eigenvalue weighted by Crippen LogP contribution is -2.20. The van der Waals surface area contributed by atoms with Gasteiger partial charge >= 0.3 is 5.97 Å². The number of ether oxygens (including phenoxy) is 1. The molecule has 5 heteroatoms. The maximum atomic E-state index is 11.2. The first-order chi connectivity index (χ1) is 13.1. The third-order valence-corrected chi connectivity index (χ3v) is 5.47. The van der Waals surface area contributed by atoms with Crippen LogP contribution in [0, 0.1) is 0 Å². The molecule has 0 aliphatic carbocycles. The molecule has 0 saturated carbocycles. The second kappa shape index (κ2) is 9.04. The number of carbonyl (C=O) groups is 1. The van der Waals surface area contributed by atoms with E-state index >= 15 is 0 Å². The molecule has 0 amide bonds. The highest BCUT2D eigenvalue weighted by molar-refractivity contribution is 7.99. The lowest BCUT2D eigenvalue weighted by molar-refractivity contribution is -0.143. The van der Waals surface area contributed by atoms with Gasteiger partial charge in [0.15, 0.2) is 0 Å². The number of fused-ring (bicyclic) bond motifs is 2. The van der Waals surface area contributed by atoms with Crippen molar-refractivity contribution in [3.8, 4) is 0 Å². The summed E-state index contributed by atoms with van der Waals surface area (Å²) in [7, 11) is 1.27. The van der Waals surface area contributed by atoms with Crippen LogP contribution in [-0.2, 0) is 9.53 Å². The summed E-state index contributed by atoms with van der Waals surface area (Å²) in [5.74, 6) is -0.492. The zero-order valence-electron chi connectivity index (χ0n) is 15.0. The van der Waals surface area contributed by atoms with Crippen LogP contribution in [0.1, 0.15) is 24.0 Å². The molecule has 4 nitrogen and oxygen atoms in total. The number of rotatable bonds is 6. The van der Waals surface area contributed by atoms with Gasteiger partial charge in [0.1, 0.15) is 0 Å². The Morgan fingerprint density at radius 1 is 1.07 bits per heavy atom. The molecule has 2 N–H and O–H groups in total. The van der Waals surface area contributed by atoms with Crippen molar-refractivity contribution in [2.75, 3.05) is 7.11 Å². The highest BCUT2D eigenvalue weighted by Crippen LogP contribution is 2.45. The van der Waals surface area contributed by atoms with Crippen molar-refractivity contribution in [2.45, 2.75) is 34.8 Å². The molecule has 0 spiro atoms. The molecular formula is C22H22O4S. The standard InChI is InChI=1S/C22H22O4S/c1-26-22(25)14-16(24)13-15(23)7-6-10-17-18-8-2-4-11-20(18)27-21-12-5-3-9-19(17)21/h2-12,15-16,23-24H,13-14H2,1H3/t15?,16-/m1/s1. The molecule has 27 heavy (non-hydrogen) atoms. The number of benzene rings is 2. The molecule has 0 radical (unpaired) electrons. The van der Waals surface area contributed by atoms with Crippen LogP contribution in [0.3, 0.4) is 0 Å². The van der Waals surface area contributed by atoms with Gasteiger partial charge in [-0.15, -0.1) is 0 Å². The van der Waals surface area contributed by atoms with Gasteiger partial charge in [0.25, 0.3) is 0 Å². The van der Waals surface area contributed by atoms with Gasteiger partial charge in [-0.1, -0.05) is 66.4 Å². The summed E-state index contributed by atoms with van der Waals surface area (Å²) in [5.41, 5.74) is 3.41. The maximum Gasteiger partial charge on any atom is 0.308 e. The van der Waals surface area contributed by atoms with Crippen molar-refractivity contribution in [1.29, 1.82) is 0 Å². The molecule has 140 valence electrons. The number of esters is 1. The molecule has 0 saturated heterocycles. The summed E-state index contributed by atoms with van der Waals surface area (Å²) in [4.78, 5) is 13.6. The molecule has 1 heterocycles. The maximum absolute atomic E-state index is 11.2. The predicted molar refractivity (Wildman–Crippen MR) is 106 cm³/mol. The summed E-state index contributed by atoms with van der Waals surface area (Å²) in [6.45, 7) is 0. The van der Waals surface area contributed by atoms with Crippen LogP contribution in [0.15, 0.2) is 76.5 Å². The van der Waals surface area contributed by atoms with E-state index in [1.165, 1.54) is 16.9 Å². The van der Waals surface area contributed by atoms with E-state index in [-0.39, 0.29) is 12.8 Å². The molecule has 1 aliphatic heterocycles. The van der Waals surface area contributed by atoms with Crippen LogP contribution in [0.5, 0.6) is 0 Å². The first-order valence-electron chi connectivity index (χ1n) is 8.76. The Hall–Kier alpha value is -2.34. The Kier molecular flexibility index (Phi) is 6.50. The van der Waals surface area contributed by atoms with Gasteiger partial charge < -0.3 is 14.9 Å². The van der Waals surface area contributed by atoms with Crippen molar-refractivity contribution in [3.05, 3.63) is 77.9 Å². The number of hydrogen-bond acceptors (Lipinski definition) is 5. The highest BCUT2D eigenvalue weighted by Gasteiger charge is 2.19. The first kappa shape index (κ1) is 19.4. The van der Waals surface area contributed by atoms with Gasteiger partial charge in [0.2, 0.25) is 0 Å². The zero-order valence-corrected chi connectivity index (χ0v) is 15.9. The largest absolute Gasteiger partial charge is 0.469 e. The Morgan fingerprint density at radius 2 is 1.67 bits per heavy atom. The summed E-state index contributed by atoms with van der Waals surface area (Å²) in [6.07, 6.45) is 3.59. The van der Waals surface area contributed by atoms with E-state index in [9.17, 15) is 15.0 Å². The van der Waals surface area contributed by atoms with Crippen LogP contribution in [0.25, 0.3) is 5.57 Å². The fourth-order valence-electron chi connectivity index (χ4n) is 3.00. The van der Waals surface area contributed by atoms with Crippen LogP contribution >= 0.6 is 11.8 Å². The van der Waals surface area contributed by atoms with Gasteiger partial charge in [-0.05, 0) is 28.8 Å². The lowest BCUT2D eigenvalue weighted by atomic mass is 9.96. The van der Waals surface area contributed by atoms with Crippen molar-refractivity contribution in [1.82, 2.24) is 0 Å². The highest BCUT2D eigenvalue weighted by atomic mass is 32.2.